The normalized spacial score (nSPS) is 11.0. The summed E-state index contributed by atoms with van der Waals surface area (Å²) < 4.78 is 13.6. The van der Waals surface area contributed by atoms with Gasteiger partial charge in [0.15, 0.2) is 0 Å². The summed E-state index contributed by atoms with van der Waals surface area (Å²) in [6.07, 6.45) is 0.803. The van der Waals surface area contributed by atoms with Crippen molar-refractivity contribution in [3.63, 3.8) is 0 Å². The van der Waals surface area contributed by atoms with E-state index < -0.39 is 0 Å². The molecule has 4 aromatic carbocycles. The fourth-order valence-corrected chi connectivity index (χ4v) is 4.32. The molecule has 35 heavy (non-hydrogen) atoms. The van der Waals surface area contributed by atoms with Crippen LogP contribution >= 0.6 is 0 Å². The number of nitrogens with one attached hydrogen (secondary N) is 1. The van der Waals surface area contributed by atoms with Gasteiger partial charge in [-0.2, -0.15) is 0 Å². The molecular formula is C29H27N3O3. The van der Waals surface area contributed by atoms with E-state index in [1.807, 2.05) is 54.6 Å². The first kappa shape index (κ1) is 22.5. The van der Waals surface area contributed by atoms with Gasteiger partial charge in [0.2, 0.25) is 0 Å². The Morgan fingerprint density at radius 1 is 0.886 bits per heavy atom. The van der Waals surface area contributed by atoms with Crippen molar-refractivity contribution in [1.82, 2.24) is 14.9 Å². The van der Waals surface area contributed by atoms with Crippen LogP contribution in [0.4, 0.5) is 0 Å². The molecule has 0 fully saturated rings. The number of carbonyl (C=O) groups is 1. The third-order valence-electron chi connectivity index (χ3n) is 6.03. The predicted molar refractivity (Wildman–Crippen MR) is 138 cm³/mol. The first-order chi connectivity index (χ1) is 17.2. The number of methoxy groups -OCH3 is 1. The molecule has 1 amide bonds. The molecule has 0 unspecified atom stereocenters. The maximum Gasteiger partial charge on any atom is 0.255 e. The van der Waals surface area contributed by atoms with Gasteiger partial charge in [0.05, 0.1) is 36.9 Å². The number of aryl methyl sites for hydroxylation is 1. The number of para-hydroxylation sites is 3. The summed E-state index contributed by atoms with van der Waals surface area (Å²) in [4.78, 5) is 17.6. The van der Waals surface area contributed by atoms with E-state index in [4.69, 9.17) is 14.5 Å². The van der Waals surface area contributed by atoms with E-state index in [-0.39, 0.29) is 5.91 Å². The lowest BCUT2D eigenvalue weighted by molar-refractivity contribution is 0.0946. The minimum atomic E-state index is -0.194. The monoisotopic (exact) mass is 465 g/mol. The number of rotatable bonds is 9. The number of carbonyl (C=O) groups excluding carboxylic acids is 1. The van der Waals surface area contributed by atoms with Crippen LogP contribution in [0.25, 0.3) is 21.8 Å². The van der Waals surface area contributed by atoms with Crippen LogP contribution in [0.15, 0.2) is 91.0 Å². The summed E-state index contributed by atoms with van der Waals surface area (Å²) in [5.74, 6) is 2.05. The minimum absolute atomic E-state index is 0.194. The lowest BCUT2D eigenvalue weighted by atomic mass is 10.1. The second-order valence-corrected chi connectivity index (χ2v) is 8.23. The zero-order valence-electron chi connectivity index (χ0n) is 19.6. The van der Waals surface area contributed by atoms with E-state index in [1.54, 1.807) is 19.2 Å². The summed E-state index contributed by atoms with van der Waals surface area (Å²) in [6.45, 7) is 1.62. The highest BCUT2D eigenvalue weighted by molar-refractivity contribution is 5.96. The third kappa shape index (κ3) is 4.82. The van der Waals surface area contributed by atoms with Gasteiger partial charge in [0, 0.05) is 11.9 Å². The standard InChI is InChI=1S/C29H27N3O3/c1-34-26-16-7-4-13-23(26)29(33)30-20-28-31-24-14-5-6-15-25(24)32(28)18-9-19-35-27-17-8-11-21-10-2-3-12-22(21)27/h2-8,10-17H,9,18-20H2,1H3,(H,30,33). The molecule has 1 N–H and O–H groups in total. The molecule has 5 aromatic rings. The number of hydrogen-bond donors (Lipinski definition) is 1. The Hall–Kier alpha value is -4.32. The molecule has 6 nitrogen and oxygen atoms in total. The second-order valence-electron chi connectivity index (χ2n) is 8.23. The van der Waals surface area contributed by atoms with Gasteiger partial charge in [-0.15, -0.1) is 0 Å². The molecule has 0 bridgehead atoms. The Labute approximate surface area is 204 Å². The highest BCUT2D eigenvalue weighted by Crippen LogP contribution is 2.25. The molecule has 0 saturated heterocycles. The molecule has 0 atom stereocenters. The van der Waals surface area contributed by atoms with Crippen LogP contribution in [-0.4, -0.2) is 29.2 Å². The van der Waals surface area contributed by atoms with Gasteiger partial charge in [-0.25, -0.2) is 4.98 Å². The van der Waals surface area contributed by atoms with Crippen LogP contribution in [0.1, 0.15) is 22.6 Å². The molecule has 0 aliphatic heterocycles. The number of hydrogen-bond acceptors (Lipinski definition) is 4. The van der Waals surface area contributed by atoms with E-state index in [2.05, 4.69) is 34.1 Å². The summed E-state index contributed by atoms with van der Waals surface area (Å²) in [6, 6.07) is 29.6. The summed E-state index contributed by atoms with van der Waals surface area (Å²) in [7, 11) is 1.56. The first-order valence-electron chi connectivity index (χ1n) is 11.7. The van der Waals surface area contributed by atoms with Crippen LogP contribution in [0.3, 0.4) is 0 Å². The van der Waals surface area contributed by atoms with E-state index in [1.165, 1.54) is 5.39 Å². The van der Waals surface area contributed by atoms with E-state index in [9.17, 15) is 4.79 Å². The van der Waals surface area contributed by atoms with Gasteiger partial charge in [-0.1, -0.05) is 60.7 Å². The zero-order chi connectivity index (χ0) is 24.0. The average Bonchev–Trinajstić information content (AvgIpc) is 3.27. The Kier molecular flexibility index (Phi) is 6.61. The van der Waals surface area contributed by atoms with Crippen molar-refractivity contribution in [2.45, 2.75) is 19.5 Å². The van der Waals surface area contributed by atoms with Gasteiger partial charge >= 0.3 is 0 Å². The largest absolute Gasteiger partial charge is 0.496 e. The number of nitrogens with zero attached hydrogens (tertiary/aromatic N) is 2. The van der Waals surface area contributed by atoms with Crippen LogP contribution in [-0.2, 0) is 13.1 Å². The quantitative estimate of drug-likeness (QED) is 0.288. The maximum absolute atomic E-state index is 12.8. The van der Waals surface area contributed by atoms with Crippen molar-refractivity contribution in [2.75, 3.05) is 13.7 Å². The van der Waals surface area contributed by atoms with Crippen molar-refractivity contribution in [3.05, 3.63) is 102 Å². The summed E-state index contributed by atoms with van der Waals surface area (Å²) >= 11 is 0. The van der Waals surface area contributed by atoms with Crippen molar-refractivity contribution >= 4 is 27.7 Å². The molecule has 0 radical (unpaired) electrons. The fourth-order valence-electron chi connectivity index (χ4n) is 4.32. The molecule has 1 heterocycles. The van der Waals surface area contributed by atoms with Crippen molar-refractivity contribution in [1.29, 1.82) is 0 Å². The van der Waals surface area contributed by atoms with Gasteiger partial charge < -0.3 is 19.4 Å². The second kappa shape index (κ2) is 10.3. The SMILES string of the molecule is COc1ccccc1C(=O)NCc1nc2ccccc2n1CCCOc1cccc2ccccc12. The molecule has 0 spiro atoms. The highest BCUT2D eigenvalue weighted by atomic mass is 16.5. The first-order valence-corrected chi connectivity index (χ1v) is 11.7. The molecular weight excluding hydrogens is 438 g/mol. The number of aromatic nitrogens is 2. The Morgan fingerprint density at radius 2 is 1.63 bits per heavy atom. The lowest BCUT2D eigenvalue weighted by Gasteiger charge is -2.13. The molecule has 1 aromatic heterocycles. The number of amides is 1. The lowest BCUT2D eigenvalue weighted by Crippen LogP contribution is -2.25. The Morgan fingerprint density at radius 3 is 2.54 bits per heavy atom. The minimum Gasteiger partial charge on any atom is -0.496 e. The smallest absolute Gasteiger partial charge is 0.255 e. The molecule has 0 aliphatic rings. The predicted octanol–water partition coefficient (Wildman–Crippen LogP) is 5.60. The number of benzene rings is 4. The topological polar surface area (TPSA) is 65.4 Å². The van der Waals surface area contributed by atoms with Crippen molar-refractivity contribution in [2.24, 2.45) is 0 Å². The molecule has 6 heteroatoms. The zero-order valence-corrected chi connectivity index (χ0v) is 19.6. The van der Waals surface area contributed by atoms with E-state index in [0.29, 0.717) is 24.5 Å². The highest BCUT2D eigenvalue weighted by Gasteiger charge is 2.15. The number of imidazole rings is 1. The number of fused-ring (bicyclic) bond motifs is 2. The van der Waals surface area contributed by atoms with Crippen LogP contribution in [0.2, 0.25) is 0 Å². The van der Waals surface area contributed by atoms with Crippen LogP contribution < -0.4 is 14.8 Å². The molecule has 5 rings (SSSR count). The van der Waals surface area contributed by atoms with E-state index in [0.717, 1.165) is 41.0 Å². The van der Waals surface area contributed by atoms with Crippen LogP contribution in [0, 0.1) is 0 Å². The molecule has 0 aliphatic carbocycles. The summed E-state index contributed by atoms with van der Waals surface area (Å²) in [5, 5.41) is 5.27. The van der Waals surface area contributed by atoms with Crippen LogP contribution in [0.5, 0.6) is 11.5 Å². The third-order valence-corrected chi connectivity index (χ3v) is 6.03. The van der Waals surface area contributed by atoms with Crippen molar-refractivity contribution < 1.29 is 14.3 Å². The van der Waals surface area contributed by atoms with Gasteiger partial charge in [-0.05, 0) is 42.1 Å². The van der Waals surface area contributed by atoms with Gasteiger partial charge in [0.25, 0.3) is 5.91 Å². The average molecular weight is 466 g/mol. The Balaban J connectivity index is 1.28. The summed E-state index contributed by atoms with van der Waals surface area (Å²) in [5.41, 5.74) is 2.45. The Bertz CT molecular complexity index is 1470. The maximum atomic E-state index is 12.8. The van der Waals surface area contributed by atoms with E-state index >= 15 is 0 Å². The fraction of sp³-hybridized carbons (Fsp3) is 0.172. The van der Waals surface area contributed by atoms with Crippen molar-refractivity contribution in [3.8, 4) is 11.5 Å². The number of ether oxygens (including phenoxy) is 2. The molecule has 0 saturated carbocycles. The van der Waals surface area contributed by atoms with Gasteiger partial charge in [0.1, 0.15) is 17.3 Å². The van der Waals surface area contributed by atoms with Gasteiger partial charge in [-0.3, -0.25) is 4.79 Å². The molecule has 176 valence electrons.